The third-order valence-corrected chi connectivity index (χ3v) is 3.30. The minimum atomic E-state index is -2.01. The highest BCUT2D eigenvalue weighted by molar-refractivity contribution is 7.62. The third kappa shape index (κ3) is 4.98. The number of nitrogens with two attached hydrogens (primary N) is 1. The number of rotatable bonds is 5. The molecular formula is C6H16NO2P. The number of ether oxygens (including phenoxy) is 1. The van der Waals surface area contributed by atoms with E-state index in [0.717, 1.165) is 12.6 Å². The van der Waals surface area contributed by atoms with Crippen LogP contribution in [0.3, 0.4) is 0 Å². The molecular weight excluding hydrogens is 149 g/mol. The van der Waals surface area contributed by atoms with E-state index >= 15 is 0 Å². The van der Waals surface area contributed by atoms with Crippen LogP contribution in [0.4, 0.5) is 0 Å². The van der Waals surface area contributed by atoms with Gasteiger partial charge in [0, 0.05) is 6.16 Å². The monoisotopic (exact) mass is 165 g/mol. The zero-order chi connectivity index (χ0) is 8.04. The van der Waals surface area contributed by atoms with Gasteiger partial charge in [-0.1, -0.05) is 6.92 Å². The van der Waals surface area contributed by atoms with E-state index in [1.807, 2.05) is 6.92 Å². The zero-order valence-electron chi connectivity index (χ0n) is 6.67. The molecule has 0 rings (SSSR count). The first-order valence-corrected chi connectivity index (χ1v) is 5.98. The normalized spacial score (nSPS) is 16.7. The SMILES string of the molecule is CCCP(C)(=O)COCN. The quantitative estimate of drug-likeness (QED) is 0.493. The van der Waals surface area contributed by atoms with Gasteiger partial charge in [0.15, 0.2) is 0 Å². The van der Waals surface area contributed by atoms with E-state index < -0.39 is 7.14 Å². The van der Waals surface area contributed by atoms with Crippen molar-refractivity contribution in [2.24, 2.45) is 5.73 Å². The fourth-order valence-electron chi connectivity index (χ4n) is 0.783. The highest BCUT2D eigenvalue weighted by Crippen LogP contribution is 2.41. The molecule has 0 aromatic heterocycles. The first-order valence-electron chi connectivity index (χ1n) is 3.45. The summed E-state index contributed by atoms with van der Waals surface area (Å²) in [4.78, 5) is 0. The molecule has 0 spiro atoms. The average molecular weight is 165 g/mol. The lowest BCUT2D eigenvalue weighted by Gasteiger charge is -2.10. The molecule has 0 saturated carbocycles. The molecule has 0 aromatic carbocycles. The van der Waals surface area contributed by atoms with E-state index in [9.17, 15) is 4.57 Å². The predicted molar refractivity (Wildman–Crippen MR) is 43.7 cm³/mol. The lowest BCUT2D eigenvalue weighted by Crippen LogP contribution is -2.06. The molecule has 0 fully saturated rings. The van der Waals surface area contributed by atoms with Gasteiger partial charge in [0.25, 0.3) is 0 Å². The van der Waals surface area contributed by atoms with Crippen LogP contribution in [0.5, 0.6) is 0 Å². The zero-order valence-corrected chi connectivity index (χ0v) is 7.56. The van der Waals surface area contributed by atoms with Crippen LogP contribution in [0, 0.1) is 0 Å². The highest BCUT2D eigenvalue weighted by Gasteiger charge is 2.12. The van der Waals surface area contributed by atoms with E-state index in [1.165, 1.54) is 0 Å². The number of hydrogen-bond donors (Lipinski definition) is 1. The lowest BCUT2D eigenvalue weighted by molar-refractivity contribution is 0.184. The van der Waals surface area contributed by atoms with Crippen molar-refractivity contribution in [1.82, 2.24) is 0 Å². The Labute approximate surface area is 62.3 Å². The van der Waals surface area contributed by atoms with Crippen LogP contribution in [0.1, 0.15) is 13.3 Å². The standard InChI is InChI=1S/C6H16NO2P/c1-3-4-10(2,8)6-9-5-7/h3-7H2,1-2H3. The van der Waals surface area contributed by atoms with Crippen molar-refractivity contribution in [3.63, 3.8) is 0 Å². The molecule has 0 saturated heterocycles. The van der Waals surface area contributed by atoms with E-state index in [2.05, 4.69) is 0 Å². The molecule has 0 aromatic rings. The summed E-state index contributed by atoms with van der Waals surface area (Å²) in [6.45, 7) is 3.94. The Morgan fingerprint density at radius 1 is 1.60 bits per heavy atom. The molecule has 0 heterocycles. The van der Waals surface area contributed by atoms with Crippen LogP contribution in [-0.4, -0.2) is 25.9 Å². The van der Waals surface area contributed by atoms with Gasteiger partial charge in [0.2, 0.25) is 0 Å². The minimum absolute atomic E-state index is 0.168. The Bertz CT molecular complexity index is 127. The summed E-state index contributed by atoms with van der Waals surface area (Å²) in [7, 11) is -2.01. The first kappa shape index (κ1) is 10.2. The second-order valence-electron chi connectivity index (χ2n) is 2.52. The van der Waals surface area contributed by atoms with Crippen LogP contribution in [0.15, 0.2) is 0 Å². The summed E-state index contributed by atoms with van der Waals surface area (Å²) in [5, 5.41) is 0. The molecule has 0 aliphatic rings. The molecule has 0 aliphatic heterocycles. The Hall–Kier alpha value is 0.150. The summed E-state index contributed by atoms with van der Waals surface area (Å²) >= 11 is 0. The van der Waals surface area contributed by atoms with Gasteiger partial charge >= 0.3 is 0 Å². The third-order valence-electron chi connectivity index (χ3n) is 1.18. The molecule has 2 N–H and O–H groups in total. The maximum atomic E-state index is 11.4. The van der Waals surface area contributed by atoms with Crippen molar-refractivity contribution < 1.29 is 9.30 Å². The Morgan fingerprint density at radius 2 is 2.20 bits per heavy atom. The van der Waals surface area contributed by atoms with Crippen molar-refractivity contribution in [1.29, 1.82) is 0 Å². The van der Waals surface area contributed by atoms with E-state index in [1.54, 1.807) is 6.66 Å². The summed E-state index contributed by atoms with van der Waals surface area (Å²) < 4.78 is 16.3. The van der Waals surface area contributed by atoms with Gasteiger partial charge in [-0.15, -0.1) is 0 Å². The second-order valence-corrected chi connectivity index (χ2v) is 5.82. The topological polar surface area (TPSA) is 52.3 Å². The van der Waals surface area contributed by atoms with E-state index in [4.69, 9.17) is 10.5 Å². The van der Waals surface area contributed by atoms with Crippen molar-refractivity contribution in [2.75, 3.05) is 25.9 Å². The van der Waals surface area contributed by atoms with Crippen LogP contribution < -0.4 is 5.73 Å². The van der Waals surface area contributed by atoms with Gasteiger partial charge in [0.05, 0.1) is 6.73 Å². The fraction of sp³-hybridized carbons (Fsp3) is 1.00. The van der Waals surface area contributed by atoms with Crippen molar-refractivity contribution in [2.45, 2.75) is 13.3 Å². The largest absolute Gasteiger partial charge is 0.359 e. The van der Waals surface area contributed by atoms with Gasteiger partial charge < -0.3 is 15.0 Å². The van der Waals surface area contributed by atoms with Gasteiger partial charge in [-0.05, 0) is 13.1 Å². The van der Waals surface area contributed by atoms with Crippen molar-refractivity contribution >= 4 is 7.14 Å². The van der Waals surface area contributed by atoms with Crippen molar-refractivity contribution in [3.8, 4) is 0 Å². The summed E-state index contributed by atoms with van der Waals surface area (Å²) in [6, 6.07) is 0. The molecule has 0 radical (unpaired) electrons. The molecule has 62 valence electrons. The predicted octanol–water partition coefficient (Wildman–Crippen LogP) is 1.28. The second kappa shape index (κ2) is 4.89. The van der Waals surface area contributed by atoms with Crippen molar-refractivity contribution in [3.05, 3.63) is 0 Å². The Morgan fingerprint density at radius 3 is 2.60 bits per heavy atom. The van der Waals surface area contributed by atoms with Gasteiger partial charge in [-0.25, -0.2) is 0 Å². The maximum absolute atomic E-state index is 11.4. The highest BCUT2D eigenvalue weighted by atomic mass is 31.2. The molecule has 0 bridgehead atoms. The molecule has 1 unspecified atom stereocenters. The first-order chi connectivity index (χ1) is 4.62. The smallest absolute Gasteiger partial charge is 0.109 e. The van der Waals surface area contributed by atoms with Crippen LogP contribution >= 0.6 is 7.14 Å². The molecule has 0 aliphatic carbocycles. The van der Waals surface area contributed by atoms with Gasteiger partial charge in [-0.3, -0.25) is 0 Å². The minimum Gasteiger partial charge on any atom is -0.359 e. The van der Waals surface area contributed by atoms with E-state index in [-0.39, 0.29) is 6.73 Å². The molecule has 10 heavy (non-hydrogen) atoms. The molecule has 3 nitrogen and oxygen atoms in total. The summed E-state index contributed by atoms with van der Waals surface area (Å²) in [5.41, 5.74) is 5.09. The van der Waals surface area contributed by atoms with Gasteiger partial charge in [-0.2, -0.15) is 0 Å². The van der Waals surface area contributed by atoms with Crippen LogP contribution in [0.25, 0.3) is 0 Å². The van der Waals surface area contributed by atoms with Crippen LogP contribution in [0.2, 0.25) is 0 Å². The van der Waals surface area contributed by atoms with E-state index in [0.29, 0.717) is 6.35 Å². The summed E-state index contributed by atoms with van der Waals surface area (Å²) in [6.07, 6.45) is 2.03. The Balaban J connectivity index is 3.53. The van der Waals surface area contributed by atoms with Crippen LogP contribution in [-0.2, 0) is 9.30 Å². The fourth-order valence-corrected chi connectivity index (χ4v) is 2.35. The Kier molecular flexibility index (Phi) is 4.96. The molecule has 0 amide bonds. The summed E-state index contributed by atoms with van der Waals surface area (Å²) in [5.74, 6) is 0. The number of hydrogen-bond acceptors (Lipinski definition) is 3. The van der Waals surface area contributed by atoms with Gasteiger partial charge in [0.1, 0.15) is 13.5 Å². The lowest BCUT2D eigenvalue weighted by atomic mass is 10.6. The molecule has 1 atom stereocenters. The molecule has 4 heteroatoms. The maximum Gasteiger partial charge on any atom is 0.109 e. The average Bonchev–Trinajstić information content (AvgIpc) is 1.84.